The summed E-state index contributed by atoms with van der Waals surface area (Å²) in [5, 5.41) is 0. The van der Waals surface area contributed by atoms with Crippen molar-refractivity contribution >= 4 is 15.8 Å². The summed E-state index contributed by atoms with van der Waals surface area (Å²) in [5.74, 6) is -0.0931. The summed E-state index contributed by atoms with van der Waals surface area (Å²) < 4.78 is 26.8. The second-order valence-electron chi connectivity index (χ2n) is 5.11. The topological polar surface area (TPSA) is 54.5 Å². The van der Waals surface area contributed by atoms with Crippen LogP contribution in [0.3, 0.4) is 0 Å². The predicted molar refractivity (Wildman–Crippen MR) is 77.5 cm³/mol. The number of allylic oxidation sites excluding steroid dienone is 2. The second-order valence-corrected chi connectivity index (χ2v) is 6.93. The Morgan fingerprint density at radius 1 is 1.15 bits per heavy atom. The number of hydrogen-bond acceptors (Lipinski definition) is 3. The summed E-state index contributed by atoms with van der Waals surface area (Å²) in [6.45, 7) is 3.56. The fourth-order valence-corrected chi connectivity index (χ4v) is 4.07. The van der Waals surface area contributed by atoms with Gasteiger partial charge in [0.2, 0.25) is 0 Å². The third-order valence-corrected chi connectivity index (χ3v) is 5.24. The van der Waals surface area contributed by atoms with Gasteiger partial charge in [0.05, 0.1) is 10.6 Å². The predicted octanol–water partition coefficient (Wildman–Crippen LogP) is 2.72. The van der Waals surface area contributed by atoms with Gasteiger partial charge in [-0.05, 0) is 38.8 Å². The van der Waals surface area contributed by atoms with Crippen molar-refractivity contribution in [3.63, 3.8) is 0 Å². The molecule has 0 aliphatic heterocycles. The number of ketones is 1. The fraction of sp³-hybridized carbons (Fsp3) is 0.400. The molecular formula is C15H19NO3S. The molecule has 0 aromatic heterocycles. The van der Waals surface area contributed by atoms with Crippen LogP contribution in [0, 0.1) is 0 Å². The van der Waals surface area contributed by atoms with Gasteiger partial charge in [-0.1, -0.05) is 24.3 Å². The van der Waals surface area contributed by atoms with Crippen LogP contribution in [0.2, 0.25) is 0 Å². The summed E-state index contributed by atoms with van der Waals surface area (Å²) in [4.78, 5) is 12.3. The molecule has 0 saturated heterocycles. The molecule has 0 heterocycles. The van der Waals surface area contributed by atoms with E-state index in [1.54, 1.807) is 50.3 Å². The molecule has 1 aromatic carbocycles. The van der Waals surface area contributed by atoms with E-state index in [9.17, 15) is 13.2 Å². The first kappa shape index (κ1) is 14.8. The van der Waals surface area contributed by atoms with E-state index in [-0.39, 0.29) is 16.7 Å². The molecule has 0 amide bonds. The lowest BCUT2D eigenvalue weighted by atomic mass is 10.0. The van der Waals surface area contributed by atoms with E-state index in [0.717, 1.165) is 12.8 Å². The van der Waals surface area contributed by atoms with E-state index in [1.807, 2.05) is 0 Å². The van der Waals surface area contributed by atoms with Gasteiger partial charge < -0.3 is 0 Å². The van der Waals surface area contributed by atoms with Crippen molar-refractivity contribution in [2.75, 3.05) is 0 Å². The van der Waals surface area contributed by atoms with Gasteiger partial charge in [-0.3, -0.25) is 9.10 Å². The summed E-state index contributed by atoms with van der Waals surface area (Å²) in [6, 6.07) is 7.94. The van der Waals surface area contributed by atoms with Gasteiger partial charge >= 0.3 is 0 Å². The minimum Gasteiger partial charge on any atom is -0.293 e. The summed E-state index contributed by atoms with van der Waals surface area (Å²) >= 11 is 0. The molecule has 0 radical (unpaired) electrons. The maximum atomic E-state index is 12.8. The molecule has 1 aromatic rings. The lowest BCUT2D eigenvalue weighted by Gasteiger charge is -2.31. The van der Waals surface area contributed by atoms with Gasteiger partial charge in [0.1, 0.15) is 0 Å². The first-order valence-electron chi connectivity index (χ1n) is 6.77. The van der Waals surface area contributed by atoms with Crippen LogP contribution in [0.1, 0.15) is 33.1 Å². The van der Waals surface area contributed by atoms with Crippen LogP contribution in [0.4, 0.5) is 0 Å². The molecule has 108 valence electrons. The second kappa shape index (κ2) is 5.79. The van der Waals surface area contributed by atoms with Crippen LogP contribution < -0.4 is 0 Å². The van der Waals surface area contributed by atoms with Gasteiger partial charge in [-0.15, -0.1) is 0 Å². The highest BCUT2D eigenvalue weighted by molar-refractivity contribution is 7.89. The zero-order valence-electron chi connectivity index (χ0n) is 11.7. The molecule has 0 bridgehead atoms. The average Bonchev–Trinajstić information content (AvgIpc) is 2.42. The summed E-state index contributed by atoms with van der Waals surface area (Å²) in [5.41, 5.74) is 0.315. The molecule has 5 heteroatoms. The maximum absolute atomic E-state index is 12.8. The van der Waals surface area contributed by atoms with Crippen molar-refractivity contribution in [1.29, 1.82) is 0 Å². The van der Waals surface area contributed by atoms with E-state index >= 15 is 0 Å². The number of sulfonamides is 1. The molecule has 0 atom stereocenters. The van der Waals surface area contributed by atoms with Gasteiger partial charge in [0, 0.05) is 12.5 Å². The van der Waals surface area contributed by atoms with Crippen molar-refractivity contribution in [2.45, 2.75) is 44.0 Å². The van der Waals surface area contributed by atoms with Gasteiger partial charge in [0.15, 0.2) is 5.78 Å². The number of benzene rings is 1. The van der Waals surface area contributed by atoms with Crippen LogP contribution in [0.5, 0.6) is 0 Å². The largest absolute Gasteiger partial charge is 0.293 e. The zero-order valence-corrected chi connectivity index (χ0v) is 12.6. The fourth-order valence-electron chi connectivity index (χ4n) is 2.35. The Kier molecular flexibility index (Phi) is 4.28. The normalized spacial score (nSPS) is 16.1. The Morgan fingerprint density at radius 3 is 2.35 bits per heavy atom. The SMILES string of the molecule is CC(C)N(C1=CCCCC1=O)S(=O)(=O)c1ccccc1. The minimum absolute atomic E-state index is 0.0931. The number of carbonyl (C=O) groups excluding carboxylic acids is 1. The maximum Gasteiger partial charge on any atom is 0.264 e. The third-order valence-electron chi connectivity index (χ3n) is 3.24. The lowest BCUT2D eigenvalue weighted by molar-refractivity contribution is -0.117. The van der Waals surface area contributed by atoms with Gasteiger partial charge in [0.25, 0.3) is 10.0 Å². The van der Waals surface area contributed by atoms with Crippen molar-refractivity contribution < 1.29 is 13.2 Å². The molecule has 0 N–H and O–H groups in total. The number of rotatable bonds is 4. The quantitative estimate of drug-likeness (QED) is 0.857. The standard InChI is InChI=1S/C15H19NO3S/c1-12(2)16(14-10-6-7-11-15(14)17)20(18,19)13-8-4-3-5-9-13/h3-5,8-10,12H,6-7,11H2,1-2H3. The Bertz CT molecular complexity index is 618. The van der Waals surface area contributed by atoms with Crippen molar-refractivity contribution in [2.24, 2.45) is 0 Å². The van der Waals surface area contributed by atoms with Gasteiger partial charge in [-0.2, -0.15) is 0 Å². The molecule has 1 aliphatic rings. The molecule has 0 spiro atoms. The Labute approximate surface area is 120 Å². The highest BCUT2D eigenvalue weighted by Crippen LogP contribution is 2.27. The molecule has 2 rings (SSSR count). The van der Waals surface area contributed by atoms with E-state index in [4.69, 9.17) is 0 Å². The minimum atomic E-state index is -3.69. The molecular weight excluding hydrogens is 274 g/mol. The Hall–Kier alpha value is -1.62. The van der Waals surface area contributed by atoms with E-state index in [0.29, 0.717) is 12.1 Å². The summed E-state index contributed by atoms with van der Waals surface area (Å²) in [7, 11) is -3.69. The van der Waals surface area contributed by atoms with Crippen molar-refractivity contribution in [3.8, 4) is 0 Å². The smallest absolute Gasteiger partial charge is 0.264 e. The molecule has 4 nitrogen and oxygen atoms in total. The average molecular weight is 293 g/mol. The van der Waals surface area contributed by atoms with Crippen LogP contribution in [-0.4, -0.2) is 24.5 Å². The number of nitrogens with zero attached hydrogens (tertiary/aromatic N) is 1. The zero-order chi connectivity index (χ0) is 14.8. The number of hydrogen-bond donors (Lipinski definition) is 0. The highest BCUT2D eigenvalue weighted by atomic mass is 32.2. The van der Waals surface area contributed by atoms with Crippen LogP contribution in [0.25, 0.3) is 0 Å². The molecule has 0 unspecified atom stereocenters. The van der Waals surface area contributed by atoms with Gasteiger partial charge in [-0.25, -0.2) is 8.42 Å². The van der Waals surface area contributed by atoms with Crippen LogP contribution in [-0.2, 0) is 14.8 Å². The number of carbonyl (C=O) groups is 1. The monoisotopic (exact) mass is 293 g/mol. The van der Waals surface area contributed by atoms with Crippen LogP contribution >= 0.6 is 0 Å². The van der Waals surface area contributed by atoms with Crippen molar-refractivity contribution in [1.82, 2.24) is 4.31 Å². The molecule has 1 aliphatic carbocycles. The molecule has 0 fully saturated rings. The molecule has 20 heavy (non-hydrogen) atoms. The highest BCUT2D eigenvalue weighted by Gasteiger charge is 2.32. The van der Waals surface area contributed by atoms with E-state index in [1.165, 1.54) is 4.31 Å². The molecule has 0 saturated carbocycles. The number of Topliss-reactive ketones (excluding diaryl/α,β-unsaturated/α-hetero) is 1. The first-order valence-corrected chi connectivity index (χ1v) is 8.21. The first-order chi connectivity index (χ1) is 9.44. The third kappa shape index (κ3) is 2.77. The Balaban J connectivity index is 2.49. The van der Waals surface area contributed by atoms with E-state index < -0.39 is 10.0 Å². The van der Waals surface area contributed by atoms with Crippen LogP contribution in [0.15, 0.2) is 47.0 Å². The lowest BCUT2D eigenvalue weighted by Crippen LogP contribution is -2.39. The Morgan fingerprint density at radius 2 is 1.80 bits per heavy atom. The summed E-state index contributed by atoms with van der Waals surface area (Å²) in [6.07, 6.45) is 3.69. The van der Waals surface area contributed by atoms with Crippen molar-refractivity contribution in [3.05, 3.63) is 42.1 Å². The van der Waals surface area contributed by atoms with E-state index in [2.05, 4.69) is 0 Å².